The average molecular weight is 303 g/mol. The monoisotopic (exact) mass is 303 g/mol. The van der Waals surface area contributed by atoms with Gasteiger partial charge in [0.2, 0.25) is 10.0 Å². The first-order valence-corrected chi connectivity index (χ1v) is 6.12. The van der Waals surface area contributed by atoms with Crippen LogP contribution in [0.5, 0.6) is 0 Å². The lowest BCUT2D eigenvalue weighted by atomic mass is 10.6. The molecular formula is C7H8F3N3O5S. The van der Waals surface area contributed by atoms with Gasteiger partial charge in [-0.3, -0.25) is 19.1 Å². The zero-order valence-electron chi connectivity index (χ0n) is 9.10. The summed E-state index contributed by atoms with van der Waals surface area (Å²) < 4.78 is 61.0. The van der Waals surface area contributed by atoms with Gasteiger partial charge in [0.15, 0.2) is 4.90 Å². The fourth-order valence-corrected chi connectivity index (χ4v) is 1.70. The van der Waals surface area contributed by atoms with Gasteiger partial charge in [0.25, 0.3) is 5.56 Å². The van der Waals surface area contributed by atoms with E-state index in [0.29, 0.717) is 10.8 Å². The summed E-state index contributed by atoms with van der Waals surface area (Å²) in [6, 6.07) is 0. The predicted molar refractivity (Wildman–Crippen MR) is 54.7 cm³/mol. The molecule has 0 aliphatic rings. The van der Waals surface area contributed by atoms with Crippen LogP contribution in [0.4, 0.5) is 13.2 Å². The first-order valence-electron chi connectivity index (χ1n) is 4.58. The molecule has 0 spiro atoms. The van der Waals surface area contributed by atoms with Gasteiger partial charge in [-0.05, 0) is 0 Å². The quantitative estimate of drug-likeness (QED) is 0.717. The number of sulfonamides is 1. The molecule has 12 heteroatoms. The van der Waals surface area contributed by atoms with Crippen LogP contribution in [0.25, 0.3) is 0 Å². The third-order valence-electron chi connectivity index (χ3n) is 1.88. The number of primary sulfonamides is 1. The molecule has 1 heterocycles. The molecule has 0 bridgehead atoms. The Kier molecular flexibility index (Phi) is 4.17. The van der Waals surface area contributed by atoms with Crippen LogP contribution in [0.15, 0.2) is 20.7 Å². The second-order valence-electron chi connectivity index (χ2n) is 3.29. The van der Waals surface area contributed by atoms with Crippen LogP contribution in [0.3, 0.4) is 0 Å². The van der Waals surface area contributed by atoms with Crippen molar-refractivity contribution in [2.45, 2.75) is 17.8 Å². The minimum atomic E-state index is -4.88. The summed E-state index contributed by atoms with van der Waals surface area (Å²) in [4.78, 5) is 23.0. The standard InChI is InChI=1S/C7H8F3N3O5S/c8-7(9,10)18-2-1-13-3-4(19(11,16)17)5(14)12-6(13)15/h3H,1-2H2,(H2,11,16,17)(H,12,14,15). The van der Waals surface area contributed by atoms with Gasteiger partial charge in [-0.25, -0.2) is 18.4 Å². The van der Waals surface area contributed by atoms with Gasteiger partial charge in [0.1, 0.15) is 0 Å². The van der Waals surface area contributed by atoms with E-state index in [0.717, 1.165) is 0 Å². The van der Waals surface area contributed by atoms with E-state index in [9.17, 15) is 31.2 Å². The van der Waals surface area contributed by atoms with Crippen LogP contribution in [0.1, 0.15) is 0 Å². The summed E-state index contributed by atoms with van der Waals surface area (Å²) in [5, 5.41) is 4.70. The molecule has 0 fully saturated rings. The zero-order chi connectivity index (χ0) is 14.8. The largest absolute Gasteiger partial charge is 0.522 e. The molecule has 19 heavy (non-hydrogen) atoms. The fraction of sp³-hybridized carbons (Fsp3) is 0.429. The molecule has 0 aliphatic carbocycles. The molecule has 1 aromatic rings. The molecule has 0 aliphatic heterocycles. The van der Waals surface area contributed by atoms with Crippen LogP contribution < -0.4 is 16.4 Å². The molecule has 0 atom stereocenters. The second-order valence-corrected chi connectivity index (χ2v) is 4.82. The zero-order valence-corrected chi connectivity index (χ0v) is 9.92. The van der Waals surface area contributed by atoms with Gasteiger partial charge in [0, 0.05) is 6.20 Å². The minimum absolute atomic E-state index is 0.535. The van der Waals surface area contributed by atoms with Crippen molar-refractivity contribution in [3.63, 3.8) is 0 Å². The highest BCUT2D eigenvalue weighted by Gasteiger charge is 2.28. The molecular weight excluding hydrogens is 295 g/mol. The minimum Gasteiger partial charge on any atom is -0.297 e. The molecule has 3 N–H and O–H groups in total. The number of nitrogens with two attached hydrogens (primary N) is 1. The van der Waals surface area contributed by atoms with Crippen molar-refractivity contribution >= 4 is 10.0 Å². The highest BCUT2D eigenvalue weighted by molar-refractivity contribution is 7.89. The Bertz CT molecular complexity index is 674. The van der Waals surface area contributed by atoms with E-state index in [4.69, 9.17) is 5.14 Å². The smallest absolute Gasteiger partial charge is 0.297 e. The van der Waals surface area contributed by atoms with E-state index < -0.39 is 45.7 Å². The molecule has 108 valence electrons. The number of aromatic amines is 1. The first-order chi connectivity index (χ1) is 8.50. The van der Waals surface area contributed by atoms with Crippen LogP contribution in [0, 0.1) is 0 Å². The highest BCUT2D eigenvalue weighted by atomic mass is 32.2. The SMILES string of the molecule is NS(=O)(=O)c1cn(CCOC(F)(F)F)c(=O)[nH]c1=O. The number of ether oxygens (including phenoxy) is 1. The summed E-state index contributed by atoms with van der Waals surface area (Å²) >= 11 is 0. The molecule has 1 aromatic heterocycles. The maximum Gasteiger partial charge on any atom is 0.522 e. The molecule has 0 radical (unpaired) electrons. The van der Waals surface area contributed by atoms with Gasteiger partial charge in [-0.15, -0.1) is 13.2 Å². The third kappa shape index (κ3) is 4.50. The molecule has 1 rings (SSSR count). The van der Waals surface area contributed by atoms with Crippen molar-refractivity contribution in [2.75, 3.05) is 6.61 Å². The van der Waals surface area contributed by atoms with Crippen LogP contribution >= 0.6 is 0 Å². The normalized spacial score (nSPS) is 12.6. The van der Waals surface area contributed by atoms with E-state index in [1.165, 1.54) is 0 Å². The maximum absolute atomic E-state index is 11.7. The van der Waals surface area contributed by atoms with E-state index in [-0.39, 0.29) is 0 Å². The van der Waals surface area contributed by atoms with Gasteiger partial charge >= 0.3 is 12.1 Å². The van der Waals surface area contributed by atoms with Crippen molar-refractivity contribution < 1.29 is 26.3 Å². The lowest BCUT2D eigenvalue weighted by molar-refractivity contribution is -0.325. The van der Waals surface area contributed by atoms with Crippen molar-refractivity contribution in [3.05, 3.63) is 27.0 Å². The molecule has 0 aromatic carbocycles. The van der Waals surface area contributed by atoms with Crippen molar-refractivity contribution in [3.8, 4) is 0 Å². The molecule has 0 amide bonds. The first kappa shape index (κ1) is 15.4. The highest BCUT2D eigenvalue weighted by Crippen LogP contribution is 2.15. The Morgan fingerprint density at radius 2 is 1.95 bits per heavy atom. The third-order valence-corrected chi connectivity index (χ3v) is 2.79. The summed E-state index contributed by atoms with van der Waals surface area (Å²) in [5.41, 5.74) is -2.33. The number of hydrogen-bond donors (Lipinski definition) is 2. The molecule has 0 saturated heterocycles. The van der Waals surface area contributed by atoms with Crippen molar-refractivity contribution in [1.82, 2.24) is 9.55 Å². The Morgan fingerprint density at radius 1 is 1.37 bits per heavy atom. The predicted octanol–water partition coefficient (Wildman–Crippen LogP) is -1.28. The second kappa shape index (κ2) is 5.14. The topological polar surface area (TPSA) is 124 Å². The van der Waals surface area contributed by atoms with E-state index in [1.807, 2.05) is 0 Å². The van der Waals surface area contributed by atoms with Gasteiger partial charge in [0.05, 0.1) is 13.2 Å². The number of hydrogen-bond acceptors (Lipinski definition) is 5. The van der Waals surface area contributed by atoms with E-state index in [2.05, 4.69) is 4.74 Å². The lowest BCUT2D eigenvalue weighted by Gasteiger charge is -2.09. The van der Waals surface area contributed by atoms with Gasteiger partial charge < -0.3 is 0 Å². The number of nitrogens with zero attached hydrogens (tertiary/aromatic N) is 1. The molecule has 8 nitrogen and oxygen atoms in total. The fourth-order valence-electron chi connectivity index (χ4n) is 1.12. The number of rotatable bonds is 4. The van der Waals surface area contributed by atoms with E-state index >= 15 is 0 Å². The van der Waals surface area contributed by atoms with Crippen molar-refractivity contribution in [2.24, 2.45) is 5.14 Å². The summed E-state index contributed by atoms with van der Waals surface area (Å²) in [6.07, 6.45) is -4.33. The van der Waals surface area contributed by atoms with Gasteiger partial charge in [-0.1, -0.05) is 0 Å². The Labute approximate surface area is 103 Å². The van der Waals surface area contributed by atoms with Crippen molar-refractivity contribution in [1.29, 1.82) is 0 Å². The summed E-state index contributed by atoms with van der Waals surface area (Å²) in [7, 11) is -4.39. The lowest BCUT2D eigenvalue weighted by Crippen LogP contribution is -2.35. The average Bonchev–Trinajstić information content (AvgIpc) is 2.17. The van der Waals surface area contributed by atoms with Gasteiger partial charge in [-0.2, -0.15) is 0 Å². The molecule has 0 saturated carbocycles. The van der Waals surface area contributed by atoms with Crippen LogP contribution in [-0.2, 0) is 21.3 Å². The number of H-pyrrole nitrogens is 1. The Morgan fingerprint density at radius 3 is 2.42 bits per heavy atom. The molecule has 0 unspecified atom stereocenters. The number of aromatic nitrogens is 2. The summed E-state index contributed by atoms with van der Waals surface area (Å²) in [5.74, 6) is 0. The Balaban J connectivity index is 3.04. The van der Waals surface area contributed by atoms with Crippen LogP contribution in [-0.4, -0.2) is 30.9 Å². The summed E-state index contributed by atoms with van der Waals surface area (Å²) in [6.45, 7) is -1.54. The van der Waals surface area contributed by atoms with Crippen LogP contribution in [0.2, 0.25) is 0 Å². The maximum atomic E-state index is 11.7. The van der Waals surface area contributed by atoms with E-state index in [1.54, 1.807) is 4.98 Å². The number of halogens is 3. The Hall–Kier alpha value is -1.66. The number of alkyl halides is 3. The number of nitrogens with one attached hydrogen (secondary N) is 1.